The first-order chi connectivity index (χ1) is 15.7. The van der Waals surface area contributed by atoms with E-state index in [0.29, 0.717) is 11.8 Å². The average molecular weight is 429 g/mol. The van der Waals surface area contributed by atoms with Gasteiger partial charge in [0.2, 0.25) is 0 Å². The summed E-state index contributed by atoms with van der Waals surface area (Å²) in [5, 5.41) is 13.5. The largest absolute Gasteiger partial charge is 0.370 e. The van der Waals surface area contributed by atoms with E-state index in [9.17, 15) is 0 Å². The predicted octanol–water partition coefficient (Wildman–Crippen LogP) is 5.37. The van der Waals surface area contributed by atoms with Crippen molar-refractivity contribution in [2.45, 2.75) is 58.5 Å². The molecule has 3 aromatic rings. The molecule has 4 nitrogen and oxygen atoms in total. The van der Waals surface area contributed by atoms with Gasteiger partial charge in [-0.15, -0.1) is 0 Å². The van der Waals surface area contributed by atoms with E-state index in [-0.39, 0.29) is 0 Å². The molecule has 1 saturated heterocycles. The number of likely N-dealkylation sites (tertiary alicyclic amines) is 1. The number of aromatic nitrogens is 1. The van der Waals surface area contributed by atoms with Crippen LogP contribution in [0.3, 0.4) is 0 Å². The molecule has 168 valence electrons. The van der Waals surface area contributed by atoms with E-state index in [0.717, 1.165) is 38.3 Å². The molecule has 1 fully saturated rings. The molecule has 0 spiro atoms. The van der Waals surface area contributed by atoms with E-state index in [1.165, 1.54) is 66.2 Å². The zero-order valence-corrected chi connectivity index (χ0v) is 19.4. The van der Waals surface area contributed by atoms with Crippen LogP contribution in [0.25, 0.3) is 10.9 Å². The fourth-order valence-corrected chi connectivity index (χ4v) is 5.69. The molecule has 0 amide bonds. The fraction of sp³-hybridized carbons (Fsp3) is 0.464. The van der Waals surface area contributed by atoms with E-state index in [1.807, 2.05) is 0 Å². The third kappa shape index (κ3) is 4.33. The highest BCUT2D eigenvalue weighted by atomic mass is 15.1. The van der Waals surface area contributed by atoms with Crippen LogP contribution in [0.5, 0.6) is 0 Å². The lowest BCUT2D eigenvalue weighted by molar-refractivity contribution is 0.178. The zero-order valence-electron chi connectivity index (χ0n) is 19.4. The third-order valence-corrected chi connectivity index (χ3v) is 7.51. The highest BCUT2D eigenvalue weighted by Gasteiger charge is 2.21. The number of amidine groups is 1. The van der Waals surface area contributed by atoms with Crippen LogP contribution in [0.1, 0.15) is 55.0 Å². The highest BCUT2D eigenvalue weighted by molar-refractivity contribution is 6.00. The van der Waals surface area contributed by atoms with Crippen molar-refractivity contribution >= 4 is 16.7 Å². The van der Waals surface area contributed by atoms with Crippen LogP contribution in [-0.4, -0.2) is 34.9 Å². The fourth-order valence-electron chi connectivity index (χ4n) is 5.69. The van der Waals surface area contributed by atoms with Gasteiger partial charge in [0.25, 0.3) is 0 Å². The lowest BCUT2D eigenvalue weighted by Crippen LogP contribution is -2.38. The van der Waals surface area contributed by atoms with Gasteiger partial charge in [-0.05, 0) is 93.8 Å². The molecule has 0 saturated carbocycles. The summed E-state index contributed by atoms with van der Waals surface area (Å²) in [6, 6.07) is 17.4. The molecule has 1 aromatic heterocycles. The van der Waals surface area contributed by atoms with E-state index in [1.54, 1.807) is 0 Å². The van der Waals surface area contributed by atoms with Crippen molar-refractivity contribution in [2.75, 3.05) is 19.6 Å². The van der Waals surface area contributed by atoms with Crippen LogP contribution in [0.2, 0.25) is 0 Å². The second-order valence-electron chi connectivity index (χ2n) is 9.57. The number of piperidine rings is 1. The maximum absolute atomic E-state index is 8.68. The molecule has 2 heterocycles. The smallest absolute Gasteiger partial charge is 0.125 e. The SMILES string of the molecule is CCn1c2c(c3cc(C(=N)NCC4CCN(Cc5ccccc5)CC4)ccc31)CCCC2. The maximum Gasteiger partial charge on any atom is 0.125 e. The van der Waals surface area contributed by atoms with Gasteiger partial charge in [0.05, 0.1) is 0 Å². The molecule has 32 heavy (non-hydrogen) atoms. The lowest BCUT2D eigenvalue weighted by Gasteiger charge is -2.32. The van der Waals surface area contributed by atoms with E-state index in [2.05, 4.69) is 70.2 Å². The van der Waals surface area contributed by atoms with E-state index in [4.69, 9.17) is 5.41 Å². The van der Waals surface area contributed by atoms with Crippen molar-refractivity contribution in [3.63, 3.8) is 0 Å². The quantitative estimate of drug-likeness (QED) is 0.410. The summed E-state index contributed by atoms with van der Waals surface area (Å²) in [5.41, 5.74) is 6.85. The standard InChI is InChI=1S/C28H36N4/c1-2-32-26-11-7-6-10-24(26)25-18-23(12-13-27(25)32)28(29)30-19-21-14-16-31(17-15-21)20-22-8-4-3-5-9-22/h3-5,8-9,12-13,18,21H,2,6-7,10-11,14-17,19-20H2,1H3,(H2,29,30). The summed E-state index contributed by atoms with van der Waals surface area (Å²) in [4.78, 5) is 2.56. The summed E-state index contributed by atoms with van der Waals surface area (Å²) in [6.07, 6.45) is 7.39. The van der Waals surface area contributed by atoms with E-state index >= 15 is 0 Å². The summed E-state index contributed by atoms with van der Waals surface area (Å²) in [6.45, 7) is 7.54. The molecule has 1 aliphatic heterocycles. The molecule has 1 aliphatic carbocycles. The number of nitrogens with one attached hydrogen (secondary N) is 2. The number of nitrogens with zero attached hydrogens (tertiary/aromatic N) is 2. The summed E-state index contributed by atoms with van der Waals surface area (Å²) in [7, 11) is 0. The minimum absolute atomic E-state index is 0.576. The Morgan fingerprint density at radius 2 is 1.81 bits per heavy atom. The van der Waals surface area contributed by atoms with Crippen molar-refractivity contribution in [3.8, 4) is 0 Å². The van der Waals surface area contributed by atoms with Gasteiger partial charge in [0.15, 0.2) is 0 Å². The third-order valence-electron chi connectivity index (χ3n) is 7.51. The van der Waals surface area contributed by atoms with Gasteiger partial charge in [-0.25, -0.2) is 0 Å². The average Bonchev–Trinajstić information content (AvgIpc) is 3.17. The van der Waals surface area contributed by atoms with Crippen LogP contribution in [-0.2, 0) is 25.9 Å². The molecule has 0 bridgehead atoms. The van der Waals surface area contributed by atoms with Gasteiger partial charge in [0.1, 0.15) is 5.84 Å². The number of fused-ring (bicyclic) bond motifs is 3. The second kappa shape index (κ2) is 9.50. The number of benzene rings is 2. The summed E-state index contributed by atoms with van der Waals surface area (Å²) in [5.74, 6) is 1.23. The maximum atomic E-state index is 8.68. The second-order valence-corrected chi connectivity index (χ2v) is 9.57. The van der Waals surface area contributed by atoms with Crippen LogP contribution in [0, 0.1) is 11.3 Å². The van der Waals surface area contributed by atoms with Gasteiger partial charge in [-0.1, -0.05) is 30.3 Å². The van der Waals surface area contributed by atoms with Crippen molar-refractivity contribution in [3.05, 3.63) is 70.9 Å². The molecule has 4 heteroatoms. The van der Waals surface area contributed by atoms with Gasteiger partial charge < -0.3 is 9.88 Å². The summed E-state index contributed by atoms with van der Waals surface area (Å²) < 4.78 is 2.49. The van der Waals surface area contributed by atoms with Crippen LogP contribution < -0.4 is 5.32 Å². The van der Waals surface area contributed by atoms with Crippen molar-refractivity contribution in [1.82, 2.24) is 14.8 Å². The Balaban J connectivity index is 1.19. The Bertz CT molecular complexity index is 1070. The molecular weight excluding hydrogens is 392 g/mol. The van der Waals surface area contributed by atoms with Crippen LogP contribution in [0.4, 0.5) is 0 Å². The predicted molar refractivity (Wildman–Crippen MR) is 134 cm³/mol. The molecule has 2 aromatic carbocycles. The van der Waals surface area contributed by atoms with Gasteiger partial charge in [-0.2, -0.15) is 0 Å². The first-order valence-electron chi connectivity index (χ1n) is 12.5. The molecular formula is C28H36N4. The number of rotatable bonds is 6. The van der Waals surface area contributed by atoms with Crippen molar-refractivity contribution < 1.29 is 0 Å². The number of hydrogen-bond donors (Lipinski definition) is 2. The topological polar surface area (TPSA) is 44.1 Å². The minimum Gasteiger partial charge on any atom is -0.370 e. The minimum atomic E-state index is 0.576. The molecule has 2 N–H and O–H groups in total. The molecule has 5 rings (SSSR count). The van der Waals surface area contributed by atoms with Gasteiger partial charge in [-0.3, -0.25) is 10.3 Å². The summed E-state index contributed by atoms with van der Waals surface area (Å²) >= 11 is 0. The number of aryl methyl sites for hydroxylation is 2. The van der Waals surface area contributed by atoms with Crippen molar-refractivity contribution in [2.24, 2.45) is 5.92 Å². The Hall–Kier alpha value is -2.59. The van der Waals surface area contributed by atoms with Crippen LogP contribution >= 0.6 is 0 Å². The van der Waals surface area contributed by atoms with Crippen LogP contribution in [0.15, 0.2) is 48.5 Å². The Kier molecular flexibility index (Phi) is 6.31. The monoisotopic (exact) mass is 428 g/mol. The van der Waals surface area contributed by atoms with Gasteiger partial charge in [0, 0.05) is 41.8 Å². The highest BCUT2D eigenvalue weighted by Crippen LogP contribution is 2.33. The Labute approximate surface area is 192 Å². The molecule has 0 radical (unpaired) electrons. The zero-order chi connectivity index (χ0) is 21.9. The first-order valence-corrected chi connectivity index (χ1v) is 12.5. The first kappa shape index (κ1) is 21.3. The molecule has 0 unspecified atom stereocenters. The normalized spacial score (nSPS) is 17.4. The van der Waals surface area contributed by atoms with Gasteiger partial charge >= 0.3 is 0 Å². The van der Waals surface area contributed by atoms with E-state index < -0.39 is 0 Å². The Morgan fingerprint density at radius 1 is 1.03 bits per heavy atom. The van der Waals surface area contributed by atoms with Crippen molar-refractivity contribution in [1.29, 1.82) is 5.41 Å². The molecule has 0 atom stereocenters. The Morgan fingerprint density at radius 3 is 2.59 bits per heavy atom. The molecule has 2 aliphatic rings. The number of hydrogen-bond acceptors (Lipinski definition) is 2. The lowest BCUT2D eigenvalue weighted by atomic mass is 9.94.